The van der Waals surface area contributed by atoms with Crippen LogP contribution in [0.4, 0.5) is 0 Å². The van der Waals surface area contributed by atoms with Gasteiger partial charge in [-0.15, -0.1) is 0 Å². The monoisotopic (exact) mass is 199 g/mol. The van der Waals surface area contributed by atoms with E-state index in [1.54, 1.807) is 14.0 Å². The minimum atomic E-state index is -0.473. The van der Waals surface area contributed by atoms with Gasteiger partial charge in [0.25, 0.3) is 0 Å². The number of carbonyl (C=O) groups is 2. The molecule has 82 valence electrons. The first-order valence-corrected chi connectivity index (χ1v) is 4.87. The summed E-state index contributed by atoms with van der Waals surface area (Å²) in [6.07, 6.45) is 0.371. The second-order valence-electron chi connectivity index (χ2n) is 4.92. The van der Waals surface area contributed by atoms with Crippen LogP contribution in [0.15, 0.2) is 0 Å². The Morgan fingerprint density at radius 1 is 1.14 bits per heavy atom. The molecule has 0 aromatic rings. The first-order valence-electron chi connectivity index (χ1n) is 4.87. The first-order chi connectivity index (χ1) is 6.15. The van der Waals surface area contributed by atoms with Gasteiger partial charge in [-0.1, -0.05) is 27.7 Å². The van der Waals surface area contributed by atoms with Gasteiger partial charge < -0.3 is 5.32 Å². The van der Waals surface area contributed by atoms with E-state index in [4.69, 9.17) is 0 Å². The fourth-order valence-electron chi connectivity index (χ4n) is 1.19. The molecule has 0 saturated heterocycles. The number of amides is 1. The topological polar surface area (TPSA) is 46.2 Å². The quantitative estimate of drug-likeness (QED) is 0.750. The molecule has 0 bridgehead atoms. The molecule has 0 unspecified atom stereocenters. The highest BCUT2D eigenvalue weighted by Gasteiger charge is 2.41. The second-order valence-corrected chi connectivity index (χ2v) is 4.92. The zero-order chi connectivity index (χ0) is 11.6. The lowest BCUT2D eigenvalue weighted by Gasteiger charge is -2.39. The Morgan fingerprint density at radius 3 is 1.86 bits per heavy atom. The largest absolute Gasteiger partial charge is 0.359 e. The number of ketones is 1. The summed E-state index contributed by atoms with van der Waals surface area (Å²) in [6, 6.07) is 0. The van der Waals surface area contributed by atoms with Gasteiger partial charge in [0.2, 0.25) is 5.91 Å². The third kappa shape index (κ3) is 2.56. The zero-order valence-electron chi connectivity index (χ0n) is 10.0. The lowest BCUT2D eigenvalue weighted by atomic mass is 9.64. The van der Waals surface area contributed by atoms with Crippen LogP contribution in [0.5, 0.6) is 0 Å². The molecule has 0 atom stereocenters. The van der Waals surface area contributed by atoms with E-state index in [-0.39, 0.29) is 17.1 Å². The van der Waals surface area contributed by atoms with Crippen molar-refractivity contribution in [2.75, 3.05) is 7.05 Å². The summed E-state index contributed by atoms with van der Waals surface area (Å²) in [4.78, 5) is 22.7. The van der Waals surface area contributed by atoms with Gasteiger partial charge in [-0.2, -0.15) is 0 Å². The van der Waals surface area contributed by atoms with Crippen LogP contribution in [0.3, 0.4) is 0 Å². The molecule has 0 saturated carbocycles. The van der Waals surface area contributed by atoms with Gasteiger partial charge in [0.1, 0.15) is 5.78 Å². The summed E-state index contributed by atoms with van der Waals surface area (Å²) >= 11 is 0. The molecule has 1 N–H and O–H groups in total. The fourth-order valence-corrected chi connectivity index (χ4v) is 1.19. The number of carbonyl (C=O) groups excluding carboxylic acids is 2. The SMILES string of the molecule is CNC(=O)CC(C)(C)C(C)(C)C(C)=O. The van der Waals surface area contributed by atoms with Crippen LogP contribution in [0, 0.1) is 10.8 Å². The van der Waals surface area contributed by atoms with Gasteiger partial charge >= 0.3 is 0 Å². The van der Waals surface area contributed by atoms with Gasteiger partial charge in [0.15, 0.2) is 0 Å². The van der Waals surface area contributed by atoms with Crippen LogP contribution < -0.4 is 5.32 Å². The number of rotatable bonds is 4. The Morgan fingerprint density at radius 2 is 1.57 bits per heavy atom. The van der Waals surface area contributed by atoms with Gasteiger partial charge in [-0.25, -0.2) is 0 Å². The molecule has 3 nitrogen and oxygen atoms in total. The van der Waals surface area contributed by atoms with Crippen LogP contribution in [0.2, 0.25) is 0 Å². The molecule has 0 spiro atoms. The molecule has 0 aliphatic heterocycles. The zero-order valence-corrected chi connectivity index (χ0v) is 10.0. The Balaban J connectivity index is 4.77. The van der Waals surface area contributed by atoms with Crippen LogP contribution in [-0.4, -0.2) is 18.7 Å². The van der Waals surface area contributed by atoms with Crippen molar-refractivity contribution in [1.82, 2.24) is 5.32 Å². The molecule has 0 radical (unpaired) electrons. The van der Waals surface area contributed by atoms with Gasteiger partial charge in [-0.3, -0.25) is 9.59 Å². The average Bonchev–Trinajstić information content (AvgIpc) is 2.02. The molecule has 0 aliphatic carbocycles. The van der Waals surface area contributed by atoms with Crippen molar-refractivity contribution in [1.29, 1.82) is 0 Å². The van der Waals surface area contributed by atoms with Crippen LogP contribution in [-0.2, 0) is 9.59 Å². The van der Waals surface area contributed by atoms with Crippen molar-refractivity contribution in [2.45, 2.75) is 41.0 Å². The summed E-state index contributed by atoms with van der Waals surface area (Å²) in [5, 5.41) is 2.58. The standard InChI is InChI=1S/C11H21NO2/c1-8(13)11(4,5)10(2,3)7-9(14)12-6/h7H2,1-6H3,(H,12,14). The molecular formula is C11H21NO2. The van der Waals surface area contributed by atoms with E-state index in [0.717, 1.165) is 0 Å². The van der Waals surface area contributed by atoms with Crippen LogP contribution in [0.1, 0.15) is 41.0 Å². The lowest BCUT2D eigenvalue weighted by molar-refractivity contribution is -0.134. The van der Waals surface area contributed by atoms with Crippen molar-refractivity contribution < 1.29 is 9.59 Å². The molecule has 3 heteroatoms. The molecule has 0 fully saturated rings. The molecule has 0 aromatic carbocycles. The maximum absolute atomic E-state index is 11.5. The third-order valence-corrected chi connectivity index (χ3v) is 3.45. The summed E-state index contributed by atoms with van der Waals surface area (Å²) in [5.41, 5.74) is -0.793. The summed E-state index contributed by atoms with van der Waals surface area (Å²) in [7, 11) is 1.61. The Labute approximate surface area is 86.3 Å². The van der Waals surface area contributed by atoms with Gasteiger partial charge in [-0.05, 0) is 12.3 Å². The van der Waals surface area contributed by atoms with Crippen molar-refractivity contribution >= 4 is 11.7 Å². The predicted octanol–water partition coefficient (Wildman–Crippen LogP) is 1.76. The highest BCUT2D eigenvalue weighted by atomic mass is 16.1. The number of Topliss-reactive ketones (excluding diaryl/α,β-unsaturated/α-hetero) is 1. The molecule has 0 rings (SSSR count). The molecule has 14 heavy (non-hydrogen) atoms. The average molecular weight is 199 g/mol. The van der Waals surface area contributed by atoms with E-state index >= 15 is 0 Å². The summed E-state index contributed by atoms with van der Waals surface area (Å²) in [5.74, 6) is 0.0933. The normalized spacial score (nSPS) is 12.4. The maximum Gasteiger partial charge on any atom is 0.220 e. The number of nitrogens with one attached hydrogen (secondary N) is 1. The maximum atomic E-state index is 11.5. The van der Waals surface area contributed by atoms with E-state index in [9.17, 15) is 9.59 Å². The minimum Gasteiger partial charge on any atom is -0.359 e. The van der Waals surface area contributed by atoms with Crippen molar-refractivity contribution in [3.05, 3.63) is 0 Å². The van der Waals surface area contributed by atoms with E-state index in [1.807, 2.05) is 27.7 Å². The smallest absolute Gasteiger partial charge is 0.220 e. The van der Waals surface area contributed by atoms with E-state index in [2.05, 4.69) is 5.32 Å². The fraction of sp³-hybridized carbons (Fsp3) is 0.818. The van der Waals surface area contributed by atoms with Crippen molar-refractivity contribution in [3.63, 3.8) is 0 Å². The highest BCUT2D eigenvalue weighted by molar-refractivity contribution is 5.84. The van der Waals surface area contributed by atoms with Crippen LogP contribution >= 0.6 is 0 Å². The second kappa shape index (κ2) is 4.11. The summed E-state index contributed by atoms with van der Waals surface area (Å²) < 4.78 is 0. The molecule has 1 amide bonds. The van der Waals surface area contributed by atoms with E-state index in [1.165, 1.54) is 0 Å². The van der Waals surface area contributed by atoms with Gasteiger partial charge in [0.05, 0.1) is 0 Å². The van der Waals surface area contributed by atoms with Crippen molar-refractivity contribution in [3.8, 4) is 0 Å². The Bertz CT molecular complexity index is 242. The third-order valence-electron chi connectivity index (χ3n) is 3.45. The van der Waals surface area contributed by atoms with Crippen LogP contribution in [0.25, 0.3) is 0 Å². The minimum absolute atomic E-state index is 0.0238. The van der Waals surface area contributed by atoms with Gasteiger partial charge in [0, 0.05) is 18.9 Å². The lowest BCUT2D eigenvalue weighted by Crippen LogP contribution is -2.41. The Hall–Kier alpha value is -0.860. The van der Waals surface area contributed by atoms with Crippen molar-refractivity contribution in [2.24, 2.45) is 10.8 Å². The molecular weight excluding hydrogens is 178 g/mol. The number of hydrogen-bond acceptors (Lipinski definition) is 2. The first kappa shape index (κ1) is 13.1. The Kier molecular flexibility index (Phi) is 3.86. The molecule has 0 aliphatic rings. The highest BCUT2D eigenvalue weighted by Crippen LogP contribution is 2.41. The molecule has 0 aromatic heterocycles. The predicted molar refractivity (Wildman–Crippen MR) is 56.9 cm³/mol. The van der Waals surface area contributed by atoms with E-state index in [0.29, 0.717) is 6.42 Å². The molecule has 0 heterocycles. The van der Waals surface area contributed by atoms with E-state index < -0.39 is 5.41 Å². The summed E-state index contributed by atoms with van der Waals surface area (Å²) in [6.45, 7) is 9.25. The number of hydrogen-bond donors (Lipinski definition) is 1.